The zero-order chi connectivity index (χ0) is 13.0. The fourth-order valence-electron chi connectivity index (χ4n) is 2.03. The van der Waals surface area contributed by atoms with Crippen LogP contribution < -0.4 is 0 Å². The molecule has 2 atom stereocenters. The largest absolute Gasteiger partial charge is 0.349 e. The van der Waals surface area contributed by atoms with E-state index in [-0.39, 0.29) is 5.78 Å². The van der Waals surface area contributed by atoms with Gasteiger partial charge in [0.1, 0.15) is 5.60 Å². The number of Topliss-reactive ketones (excluding diaryl/α,β-unsaturated/α-hetero) is 1. The van der Waals surface area contributed by atoms with Crippen molar-refractivity contribution < 1.29 is 14.3 Å². The maximum absolute atomic E-state index is 12.5. The number of ether oxygens (including phenoxy) is 2. The molecule has 3 nitrogen and oxygen atoms in total. The molecule has 1 aliphatic heterocycles. The molecule has 0 saturated carbocycles. The molecular formula is C15H18O3. The summed E-state index contributed by atoms with van der Waals surface area (Å²) in [6.07, 6.45) is 3.83. The molecule has 1 aromatic carbocycles. The summed E-state index contributed by atoms with van der Waals surface area (Å²) in [5.74, 6) is 0.0147. The first-order valence-corrected chi connectivity index (χ1v) is 6.18. The van der Waals surface area contributed by atoms with Crippen molar-refractivity contribution in [1.29, 1.82) is 0 Å². The molecule has 0 aromatic heterocycles. The van der Waals surface area contributed by atoms with Crippen LogP contribution >= 0.6 is 0 Å². The molecule has 2 rings (SSSR count). The average molecular weight is 246 g/mol. The lowest BCUT2D eigenvalue weighted by Crippen LogP contribution is -2.46. The number of hydrogen-bond acceptors (Lipinski definition) is 3. The maximum atomic E-state index is 12.5. The molecule has 0 bridgehead atoms. The zero-order valence-corrected chi connectivity index (χ0v) is 10.8. The summed E-state index contributed by atoms with van der Waals surface area (Å²) in [7, 11) is 0. The van der Waals surface area contributed by atoms with Crippen LogP contribution in [0.1, 0.15) is 30.6 Å². The van der Waals surface area contributed by atoms with E-state index >= 15 is 0 Å². The number of rotatable bonds is 3. The SMILES string of the molecule is CC=CC1OCCC(C)(C(=O)c2ccccc2)O1. The Balaban J connectivity index is 2.18. The molecule has 0 aliphatic carbocycles. The molecule has 18 heavy (non-hydrogen) atoms. The molecule has 1 fully saturated rings. The third-order valence-electron chi connectivity index (χ3n) is 3.10. The molecule has 1 heterocycles. The van der Waals surface area contributed by atoms with Gasteiger partial charge >= 0.3 is 0 Å². The summed E-state index contributed by atoms with van der Waals surface area (Å²) >= 11 is 0. The van der Waals surface area contributed by atoms with Crippen LogP contribution in [0.3, 0.4) is 0 Å². The number of carbonyl (C=O) groups is 1. The second-order valence-electron chi connectivity index (χ2n) is 4.56. The van der Waals surface area contributed by atoms with Crippen molar-refractivity contribution in [3.8, 4) is 0 Å². The minimum absolute atomic E-state index is 0.0147. The maximum Gasteiger partial charge on any atom is 0.194 e. The second-order valence-corrected chi connectivity index (χ2v) is 4.56. The fourth-order valence-corrected chi connectivity index (χ4v) is 2.03. The van der Waals surface area contributed by atoms with Crippen LogP contribution in [0.5, 0.6) is 0 Å². The van der Waals surface area contributed by atoms with E-state index in [4.69, 9.17) is 9.47 Å². The summed E-state index contributed by atoms with van der Waals surface area (Å²) in [6, 6.07) is 9.25. The van der Waals surface area contributed by atoms with Gasteiger partial charge in [0.05, 0.1) is 6.61 Å². The van der Waals surface area contributed by atoms with Crippen molar-refractivity contribution >= 4 is 5.78 Å². The van der Waals surface area contributed by atoms with Crippen LogP contribution in [0.2, 0.25) is 0 Å². The molecule has 0 amide bonds. The van der Waals surface area contributed by atoms with Gasteiger partial charge in [0.15, 0.2) is 12.1 Å². The van der Waals surface area contributed by atoms with E-state index in [1.54, 1.807) is 0 Å². The van der Waals surface area contributed by atoms with Crippen LogP contribution in [0, 0.1) is 0 Å². The van der Waals surface area contributed by atoms with E-state index in [9.17, 15) is 4.79 Å². The molecule has 1 aromatic rings. The van der Waals surface area contributed by atoms with E-state index in [1.807, 2.05) is 56.3 Å². The quantitative estimate of drug-likeness (QED) is 0.607. The standard InChI is InChI=1S/C15H18O3/c1-3-7-13-17-11-10-15(2,18-13)14(16)12-8-5-4-6-9-12/h3-9,13H,10-11H2,1-2H3. The van der Waals surface area contributed by atoms with Gasteiger partial charge in [-0.1, -0.05) is 36.4 Å². The van der Waals surface area contributed by atoms with Gasteiger partial charge in [-0.25, -0.2) is 0 Å². The first-order valence-electron chi connectivity index (χ1n) is 6.18. The topological polar surface area (TPSA) is 35.5 Å². The highest BCUT2D eigenvalue weighted by Gasteiger charge is 2.39. The molecule has 0 N–H and O–H groups in total. The van der Waals surface area contributed by atoms with Gasteiger partial charge in [-0.2, -0.15) is 0 Å². The first-order chi connectivity index (χ1) is 8.65. The monoisotopic (exact) mass is 246 g/mol. The summed E-state index contributed by atoms with van der Waals surface area (Å²) in [6.45, 7) is 4.27. The van der Waals surface area contributed by atoms with Crippen LogP contribution in [-0.4, -0.2) is 24.3 Å². The van der Waals surface area contributed by atoms with Crippen molar-refractivity contribution in [2.45, 2.75) is 32.2 Å². The van der Waals surface area contributed by atoms with E-state index in [0.717, 1.165) is 0 Å². The van der Waals surface area contributed by atoms with Crippen LogP contribution in [0.15, 0.2) is 42.5 Å². The highest BCUT2D eigenvalue weighted by molar-refractivity contribution is 6.02. The smallest absolute Gasteiger partial charge is 0.194 e. The molecule has 1 aliphatic rings. The minimum atomic E-state index is -0.802. The Bertz CT molecular complexity index is 438. The van der Waals surface area contributed by atoms with E-state index in [2.05, 4.69) is 0 Å². The summed E-state index contributed by atoms with van der Waals surface area (Å²) in [4.78, 5) is 12.5. The van der Waals surface area contributed by atoms with Crippen molar-refractivity contribution in [3.63, 3.8) is 0 Å². The predicted octanol–water partition coefficient (Wildman–Crippen LogP) is 2.97. The Kier molecular flexibility index (Phi) is 3.94. The van der Waals surface area contributed by atoms with Gasteiger partial charge < -0.3 is 9.47 Å². The summed E-state index contributed by atoms with van der Waals surface area (Å²) < 4.78 is 11.2. The predicted molar refractivity (Wildman–Crippen MR) is 69.4 cm³/mol. The molecule has 1 saturated heterocycles. The fraction of sp³-hybridized carbons (Fsp3) is 0.400. The van der Waals surface area contributed by atoms with Crippen LogP contribution in [-0.2, 0) is 9.47 Å². The van der Waals surface area contributed by atoms with Gasteiger partial charge in [-0.15, -0.1) is 0 Å². The van der Waals surface area contributed by atoms with Crippen LogP contribution in [0.4, 0.5) is 0 Å². The van der Waals surface area contributed by atoms with E-state index < -0.39 is 11.9 Å². The number of carbonyl (C=O) groups excluding carboxylic acids is 1. The molecule has 0 radical (unpaired) electrons. The van der Waals surface area contributed by atoms with Gasteiger partial charge in [-0.3, -0.25) is 4.79 Å². The van der Waals surface area contributed by atoms with E-state index in [0.29, 0.717) is 18.6 Å². The highest BCUT2D eigenvalue weighted by Crippen LogP contribution is 2.28. The Labute approximate surface area is 107 Å². The summed E-state index contributed by atoms with van der Waals surface area (Å²) in [5, 5.41) is 0. The summed E-state index contributed by atoms with van der Waals surface area (Å²) in [5.41, 5.74) is -0.120. The highest BCUT2D eigenvalue weighted by atomic mass is 16.7. The number of hydrogen-bond donors (Lipinski definition) is 0. The van der Waals surface area contributed by atoms with Gasteiger partial charge in [0, 0.05) is 12.0 Å². The average Bonchev–Trinajstić information content (AvgIpc) is 2.39. The third kappa shape index (κ3) is 2.68. The Morgan fingerprint density at radius 1 is 1.39 bits per heavy atom. The lowest BCUT2D eigenvalue weighted by atomic mass is 9.91. The van der Waals surface area contributed by atoms with Gasteiger partial charge in [0.2, 0.25) is 0 Å². The molecular weight excluding hydrogens is 228 g/mol. The van der Waals surface area contributed by atoms with Crippen LogP contribution in [0.25, 0.3) is 0 Å². The van der Waals surface area contributed by atoms with Crippen molar-refractivity contribution in [2.24, 2.45) is 0 Å². The van der Waals surface area contributed by atoms with Gasteiger partial charge in [0.25, 0.3) is 0 Å². The second kappa shape index (κ2) is 5.46. The Hall–Kier alpha value is -1.45. The van der Waals surface area contributed by atoms with Crippen molar-refractivity contribution in [1.82, 2.24) is 0 Å². The Morgan fingerprint density at radius 3 is 2.78 bits per heavy atom. The lowest BCUT2D eigenvalue weighted by Gasteiger charge is -2.36. The molecule has 2 unspecified atom stereocenters. The lowest BCUT2D eigenvalue weighted by molar-refractivity contribution is -0.209. The third-order valence-corrected chi connectivity index (χ3v) is 3.10. The minimum Gasteiger partial charge on any atom is -0.349 e. The van der Waals surface area contributed by atoms with Gasteiger partial charge in [-0.05, 0) is 19.9 Å². The number of allylic oxidation sites excluding steroid dienone is 1. The van der Waals surface area contributed by atoms with Crippen molar-refractivity contribution in [2.75, 3.05) is 6.61 Å². The molecule has 96 valence electrons. The molecule has 3 heteroatoms. The normalized spacial score (nSPS) is 28.4. The van der Waals surface area contributed by atoms with E-state index in [1.165, 1.54) is 0 Å². The first kappa shape index (κ1) is 13.0. The number of ketones is 1. The zero-order valence-electron chi connectivity index (χ0n) is 10.8. The molecule has 0 spiro atoms. The Morgan fingerprint density at radius 2 is 2.11 bits per heavy atom. The number of benzene rings is 1. The van der Waals surface area contributed by atoms with Crippen molar-refractivity contribution in [3.05, 3.63) is 48.0 Å².